The summed E-state index contributed by atoms with van der Waals surface area (Å²) in [5, 5.41) is 3.13. The molecule has 2 N–H and O–H groups in total. The van der Waals surface area contributed by atoms with E-state index >= 15 is 0 Å². The molecule has 1 atom stereocenters. The molecule has 2 aromatic rings. The molecule has 6 heteroatoms. The van der Waals surface area contributed by atoms with Crippen LogP contribution in [0.2, 0.25) is 0 Å². The molecule has 1 aliphatic rings. The second-order valence-electron chi connectivity index (χ2n) is 5.33. The predicted octanol–water partition coefficient (Wildman–Crippen LogP) is 1.62. The number of rotatable bonds is 5. The van der Waals surface area contributed by atoms with E-state index in [4.69, 9.17) is 0 Å². The summed E-state index contributed by atoms with van der Waals surface area (Å²) < 4.78 is 13.2. The maximum atomic E-state index is 13.2. The molecule has 0 spiro atoms. The van der Waals surface area contributed by atoms with E-state index in [1.165, 1.54) is 12.1 Å². The number of aromatic amines is 1. The lowest BCUT2D eigenvalue weighted by Gasteiger charge is -2.23. The van der Waals surface area contributed by atoms with Crippen molar-refractivity contribution in [2.45, 2.75) is 19.4 Å². The Morgan fingerprint density at radius 1 is 1.50 bits per heavy atom. The van der Waals surface area contributed by atoms with Crippen molar-refractivity contribution in [1.29, 1.82) is 0 Å². The standard InChI is InChI=1S/C16H19FN4O/c1-2-21(16(22)13-4-3-8-18-13)9-7-15-19-12-6-5-11(17)10-14(12)20-15/h3-6,10,13,18H,2,7-9H2,1H3,(H,19,20). The molecule has 0 radical (unpaired) electrons. The number of fused-ring (bicyclic) bond motifs is 1. The molecule has 2 heterocycles. The van der Waals surface area contributed by atoms with Crippen LogP contribution in [0, 0.1) is 5.82 Å². The fourth-order valence-corrected chi connectivity index (χ4v) is 2.65. The number of carbonyl (C=O) groups excluding carboxylic acids is 1. The highest BCUT2D eigenvalue weighted by molar-refractivity contribution is 5.84. The first-order valence-corrected chi connectivity index (χ1v) is 7.50. The van der Waals surface area contributed by atoms with Crippen molar-refractivity contribution in [2.24, 2.45) is 0 Å². The molecular weight excluding hydrogens is 283 g/mol. The van der Waals surface area contributed by atoms with Gasteiger partial charge in [-0.3, -0.25) is 10.1 Å². The van der Waals surface area contributed by atoms with Crippen molar-refractivity contribution >= 4 is 16.9 Å². The van der Waals surface area contributed by atoms with Gasteiger partial charge in [0.15, 0.2) is 0 Å². The smallest absolute Gasteiger partial charge is 0.243 e. The van der Waals surface area contributed by atoms with Gasteiger partial charge in [-0.2, -0.15) is 0 Å². The van der Waals surface area contributed by atoms with E-state index < -0.39 is 0 Å². The molecule has 1 aliphatic heterocycles. The van der Waals surface area contributed by atoms with E-state index in [2.05, 4.69) is 15.3 Å². The molecular formula is C16H19FN4O. The third-order valence-corrected chi connectivity index (χ3v) is 3.86. The van der Waals surface area contributed by atoms with Crippen molar-refractivity contribution in [1.82, 2.24) is 20.2 Å². The first kappa shape index (κ1) is 14.7. The van der Waals surface area contributed by atoms with Gasteiger partial charge in [0.2, 0.25) is 5.91 Å². The SMILES string of the molecule is CCN(CCc1nc2ccc(F)cc2[nH]1)C(=O)C1C=CCN1. The van der Waals surface area contributed by atoms with Gasteiger partial charge in [-0.15, -0.1) is 0 Å². The molecule has 1 unspecified atom stereocenters. The number of benzene rings is 1. The van der Waals surface area contributed by atoms with Crippen LogP contribution < -0.4 is 5.32 Å². The Balaban J connectivity index is 1.66. The van der Waals surface area contributed by atoms with Crippen LogP contribution in [0.3, 0.4) is 0 Å². The molecule has 0 fully saturated rings. The number of carbonyl (C=O) groups is 1. The number of nitrogens with zero attached hydrogens (tertiary/aromatic N) is 2. The van der Waals surface area contributed by atoms with Crippen molar-refractivity contribution < 1.29 is 9.18 Å². The van der Waals surface area contributed by atoms with E-state index in [0.29, 0.717) is 25.0 Å². The lowest BCUT2D eigenvalue weighted by molar-refractivity contribution is -0.131. The van der Waals surface area contributed by atoms with Crippen molar-refractivity contribution in [3.05, 3.63) is 42.0 Å². The van der Waals surface area contributed by atoms with Gasteiger partial charge in [-0.05, 0) is 25.1 Å². The summed E-state index contributed by atoms with van der Waals surface area (Å²) in [6.45, 7) is 3.94. The summed E-state index contributed by atoms with van der Waals surface area (Å²) >= 11 is 0. The van der Waals surface area contributed by atoms with Crippen molar-refractivity contribution in [2.75, 3.05) is 19.6 Å². The maximum absolute atomic E-state index is 13.2. The summed E-state index contributed by atoms with van der Waals surface area (Å²) in [6.07, 6.45) is 4.48. The first-order chi connectivity index (χ1) is 10.7. The zero-order valence-corrected chi connectivity index (χ0v) is 12.5. The van der Waals surface area contributed by atoms with E-state index in [0.717, 1.165) is 17.9 Å². The minimum Gasteiger partial charge on any atom is -0.342 e. The van der Waals surface area contributed by atoms with Crippen LogP contribution in [0.15, 0.2) is 30.4 Å². The molecule has 1 aromatic heterocycles. The molecule has 0 saturated carbocycles. The highest BCUT2D eigenvalue weighted by Crippen LogP contribution is 2.13. The molecule has 0 aliphatic carbocycles. The highest BCUT2D eigenvalue weighted by Gasteiger charge is 2.22. The first-order valence-electron chi connectivity index (χ1n) is 7.50. The van der Waals surface area contributed by atoms with Gasteiger partial charge in [0.25, 0.3) is 0 Å². The summed E-state index contributed by atoms with van der Waals surface area (Å²) in [4.78, 5) is 21.7. The number of halogens is 1. The number of hydrogen-bond donors (Lipinski definition) is 2. The molecule has 1 aromatic carbocycles. The van der Waals surface area contributed by atoms with Crippen LogP contribution in [0.4, 0.5) is 4.39 Å². The van der Waals surface area contributed by atoms with Crippen LogP contribution in [-0.2, 0) is 11.2 Å². The Morgan fingerprint density at radius 2 is 2.36 bits per heavy atom. The average molecular weight is 302 g/mol. The Labute approximate surface area is 128 Å². The second kappa shape index (κ2) is 6.27. The summed E-state index contributed by atoms with van der Waals surface area (Å²) in [7, 11) is 0. The van der Waals surface area contributed by atoms with E-state index in [1.807, 2.05) is 19.1 Å². The minimum absolute atomic E-state index is 0.0819. The van der Waals surface area contributed by atoms with Crippen LogP contribution in [-0.4, -0.2) is 46.5 Å². The molecule has 1 amide bonds. The highest BCUT2D eigenvalue weighted by atomic mass is 19.1. The number of amides is 1. The number of aromatic nitrogens is 2. The van der Waals surface area contributed by atoms with Crippen LogP contribution in [0.1, 0.15) is 12.7 Å². The number of H-pyrrole nitrogens is 1. The zero-order valence-electron chi connectivity index (χ0n) is 12.5. The molecule has 0 bridgehead atoms. The van der Waals surface area contributed by atoms with Gasteiger partial charge in [0.05, 0.1) is 11.0 Å². The lowest BCUT2D eigenvalue weighted by atomic mass is 10.2. The van der Waals surface area contributed by atoms with Gasteiger partial charge >= 0.3 is 0 Å². The third-order valence-electron chi connectivity index (χ3n) is 3.86. The quantitative estimate of drug-likeness (QED) is 0.825. The Morgan fingerprint density at radius 3 is 3.09 bits per heavy atom. The molecule has 22 heavy (non-hydrogen) atoms. The van der Waals surface area contributed by atoms with Gasteiger partial charge < -0.3 is 9.88 Å². The number of likely N-dealkylation sites (N-methyl/N-ethyl adjacent to an activating group) is 1. The lowest BCUT2D eigenvalue weighted by Crippen LogP contribution is -2.44. The normalized spacial score (nSPS) is 17.3. The topological polar surface area (TPSA) is 61.0 Å². The van der Waals surface area contributed by atoms with Gasteiger partial charge in [-0.25, -0.2) is 9.37 Å². The number of imidazole rings is 1. The van der Waals surface area contributed by atoms with E-state index in [9.17, 15) is 9.18 Å². The van der Waals surface area contributed by atoms with Gasteiger partial charge in [-0.1, -0.05) is 12.2 Å². The van der Waals surface area contributed by atoms with E-state index in [-0.39, 0.29) is 17.8 Å². The summed E-state index contributed by atoms with van der Waals surface area (Å²) in [6, 6.07) is 4.26. The summed E-state index contributed by atoms with van der Waals surface area (Å²) in [5.41, 5.74) is 1.43. The van der Waals surface area contributed by atoms with Crippen LogP contribution >= 0.6 is 0 Å². The Hall–Kier alpha value is -2.21. The molecule has 3 rings (SSSR count). The van der Waals surface area contributed by atoms with Crippen LogP contribution in [0.25, 0.3) is 11.0 Å². The largest absolute Gasteiger partial charge is 0.342 e. The Kier molecular flexibility index (Phi) is 4.20. The predicted molar refractivity (Wildman–Crippen MR) is 82.9 cm³/mol. The maximum Gasteiger partial charge on any atom is 0.243 e. The van der Waals surface area contributed by atoms with E-state index in [1.54, 1.807) is 11.0 Å². The molecule has 0 saturated heterocycles. The third kappa shape index (κ3) is 3.01. The summed E-state index contributed by atoms with van der Waals surface area (Å²) in [5.74, 6) is 0.562. The van der Waals surface area contributed by atoms with Gasteiger partial charge in [0.1, 0.15) is 17.7 Å². The Bertz CT molecular complexity index is 709. The molecule has 116 valence electrons. The fraction of sp³-hybridized carbons (Fsp3) is 0.375. The van der Waals surface area contributed by atoms with Crippen LogP contribution in [0.5, 0.6) is 0 Å². The number of nitrogens with one attached hydrogen (secondary N) is 2. The van der Waals surface area contributed by atoms with Crippen molar-refractivity contribution in [3.63, 3.8) is 0 Å². The average Bonchev–Trinajstić information content (AvgIpc) is 3.16. The minimum atomic E-state index is -0.285. The number of hydrogen-bond acceptors (Lipinski definition) is 3. The fourth-order valence-electron chi connectivity index (χ4n) is 2.65. The molecule has 5 nitrogen and oxygen atoms in total. The second-order valence-corrected chi connectivity index (χ2v) is 5.33. The van der Waals surface area contributed by atoms with Crippen molar-refractivity contribution in [3.8, 4) is 0 Å². The zero-order chi connectivity index (χ0) is 15.5. The monoisotopic (exact) mass is 302 g/mol. The van der Waals surface area contributed by atoms with Gasteiger partial charge in [0, 0.05) is 26.1 Å².